The summed E-state index contributed by atoms with van der Waals surface area (Å²) in [6.07, 6.45) is 2.77. The fourth-order valence-corrected chi connectivity index (χ4v) is 6.37. The van der Waals surface area contributed by atoms with E-state index in [2.05, 4.69) is 16.7 Å². The Hall–Kier alpha value is -5.08. The lowest BCUT2D eigenvalue weighted by Gasteiger charge is -2.38. The van der Waals surface area contributed by atoms with Gasteiger partial charge in [-0.05, 0) is 109 Å². The number of halogens is 1. The molecule has 44 heavy (non-hydrogen) atoms. The number of carbonyl (C=O) groups excluding carboxylic acids is 3. The van der Waals surface area contributed by atoms with Crippen molar-refractivity contribution in [2.24, 2.45) is 11.5 Å². The van der Waals surface area contributed by atoms with Gasteiger partial charge in [0.2, 0.25) is 17.7 Å². The van der Waals surface area contributed by atoms with Crippen molar-refractivity contribution in [1.29, 1.82) is 10.7 Å². The molecule has 7 N–H and O–H groups in total. The van der Waals surface area contributed by atoms with E-state index in [-0.39, 0.29) is 18.3 Å². The van der Waals surface area contributed by atoms with Crippen molar-refractivity contribution in [2.75, 3.05) is 25.0 Å². The first-order valence-electron chi connectivity index (χ1n) is 14.5. The van der Waals surface area contributed by atoms with Crippen LogP contribution in [0.3, 0.4) is 0 Å². The lowest BCUT2D eigenvalue weighted by atomic mass is 9.68. The number of nitriles is 1. The number of amidine groups is 1. The first-order chi connectivity index (χ1) is 21.1. The second kappa shape index (κ2) is 12.7. The summed E-state index contributed by atoms with van der Waals surface area (Å²) in [6.45, 7) is 0.867. The Morgan fingerprint density at radius 2 is 1.57 bits per heavy atom. The molecule has 226 valence electrons. The number of fused-ring (bicyclic) bond motifs is 2. The molecule has 1 aliphatic heterocycles. The molecule has 0 aromatic heterocycles. The average Bonchev–Trinajstić information content (AvgIpc) is 3.45. The number of amides is 3. The number of rotatable bonds is 9. The number of anilines is 1. The van der Waals surface area contributed by atoms with E-state index in [1.807, 2.05) is 0 Å². The highest BCUT2D eigenvalue weighted by molar-refractivity contribution is 6.05. The fraction of sp³-hybridized carbons (Fsp3) is 0.303. The van der Waals surface area contributed by atoms with Crippen molar-refractivity contribution < 1.29 is 18.8 Å². The van der Waals surface area contributed by atoms with Crippen LogP contribution in [0.25, 0.3) is 0 Å². The molecule has 1 saturated heterocycles. The Kier molecular flexibility index (Phi) is 8.73. The molecule has 0 radical (unpaired) electrons. The molecule has 0 bridgehead atoms. The predicted octanol–water partition coefficient (Wildman–Crippen LogP) is 2.99. The number of aryl methyl sites for hydroxylation is 2. The van der Waals surface area contributed by atoms with E-state index in [1.165, 1.54) is 12.1 Å². The van der Waals surface area contributed by atoms with E-state index in [4.69, 9.17) is 11.5 Å². The van der Waals surface area contributed by atoms with Gasteiger partial charge in [0.1, 0.15) is 17.7 Å². The van der Waals surface area contributed by atoms with E-state index in [0.29, 0.717) is 55.6 Å². The molecule has 5 rings (SSSR count). The van der Waals surface area contributed by atoms with E-state index in [1.54, 1.807) is 53.4 Å². The fourth-order valence-electron chi connectivity index (χ4n) is 6.37. The molecule has 3 amide bonds. The maximum atomic E-state index is 13.7. The molecule has 1 atom stereocenters. The largest absolute Gasteiger partial charge is 0.366 e. The minimum Gasteiger partial charge on any atom is -0.366 e. The molecular formula is C33H34FN7O3. The van der Waals surface area contributed by atoms with Crippen molar-refractivity contribution in [3.05, 3.63) is 99.9 Å². The van der Waals surface area contributed by atoms with Gasteiger partial charge in [-0.1, -0.05) is 12.1 Å². The summed E-state index contributed by atoms with van der Waals surface area (Å²) < 4.78 is 13.7. The third-order valence-corrected chi connectivity index (χ3v) is 8.58. The van der Waals surface area contributed by atoms with Gasteiger partial charge in [0.05, 0.1) is 18.0 Å². The Morgan fingerprint density at radius 3 is 2.11 bits per heavy atom. The topological polar surface area (TPSA) is 178 Å². The first-order valence-corrected chi connectivity index (χ1v) is 14.5. The van der Waals surface area contributed by atoms with Crippen LogP contribution in [0.15, 0.2) is 60.7 Å². The van der Waals surface area contributed by atoms with Gasteiger partial charge >= 0.3 is 0 Å². The van der Waals surface area contributed by atoms with Crippen molar-refractivity contribution in [3.63, 3.8) is 0 Å². The lowest BCUT2D eigenvalue weighted by Crippen LogP contribution is -2.46. The highest BCUT2D eigenvalue weighted by Gasteiger charge is 2.43. The number of nitrogens with two attached hydrogens (primary N) is 2. The smallest absolute Gasteiger partial charge is 0.248 e. The Balaban J connectivity index is 1.58. The number of benzene rings is 3. The van der Waals surface area contributed by atoms with Crippen LogP contribution in [0.1, 0.15) is 62.2 Å². The third kappa shape index (κ3) is 5.89. The molecule has 1 fully saturated rings. The molecule has 0 spiro atoms. The van der Waals surface area contributed by atoms with Gasteiger partial charge in [0.25, 0.3) is 0 Å². The van der Waals surface area contributed by atoms with Crippen molar-refractivity contribution in [3.8, 4) is 6.07 Å². The van der Waals surface area contributed by atoms with Crippen LogP contribution in [-0.4, -0.2) is 54.1 Å². The van der Waals surface area contributed by atoms with Gasteiger partial charge in [-0.25, -0.2) is 4.39 Å². The zero-order valence-corrected chi connectivity index (χ0v) is 24.2. The SMILES string of the molecule is N#C[C@@H]1CCCN1C(=O)CNCCC1(C(=N)Nc2ccc(F)cc2)c2ccc(C(N)=O)cc2CCc2cc(C(N)=O)ccc21. The molecule has 11 heteroatoms. The summed E-state index contributed by atoms with van der Waals surface area (Å²) in [5.41, 5.74) is 14.4. The lowest BCUT2D eigenvalue weighted by molar-refractivity contribution is -0.130. The number of hydrogen-bond acceptors (Lipinski definition) is 6. The number of carbonyl (C=O) groups is 3. The molecule has 1 aliphatic carbocycles. The van der Waals surface area contributed by atoms with E-state index < -0.39 is 29.1 Å². The maximum absolute atomic E-state index is 13.7. The third-order valence-electron chi connectivity index (χ3n) is 8.58. The molecule has 0 saturated carbocycles. The van der Waals surface area contributed by atoms with Crippen LogP contribution >= 0.6 is 0 Å². The standard InChI is InChI=1S/C33H34FN7O3/c34-24-7-9-25(10-8-24)40-32(38)33(13-14-39-19-29(42)41-15-1-2-26(41)18-35)27-11-5-22(30(36)43)16-20(27)3-4-21-17-23(31(37)44)6-12-28(21)33/h5-12,16-17,26,39H,1-4,13-15,19H2,(H2,36,43)(H2,37,44)(H2,38,40)/t26-/m0/s1. The number of primary amides is 2. The minimum absolute atomic E-state index is 0.0218. The number of likely N-dealkylation sites (tertiary alicyclic amines) is 1. The van der Waals surface area contributed by atoms with Gasteiger partial charge in [0, 0.05) is 23.4 Å². The van der Waals surface area contributed by atoms with Crippen LogP contribution in [0.5, 0.6) is 0 Å². The first kappa shape index (κ1) is 30.4. The molecule has 2 aliphatic rings. The van der Waals surface area contributed by atoms with Gasteiger partial charge in [-0.2, -0.15) is 5.26 Å². The summed E-state index contributed by atoms with van der Waals surface area (Å²) in [7, 11) is 0. The highest BCUT2D eigenvalue weighted by Crippen LogP contribution is 2.44. The van der Waals surface area contributed by atoms with Crippen molar-refractivity contribution >= 4 is 29.2 Å². The second-order valence-corrected chi connectivity index (χ2v) is 11.2. The summed E-state index contributed by atoms with van der Waals surface area (Å²) in [6, 6.07) is 17.8. The van der Waals surface area contributed by atoms with Crippen LogP contribution in [0.2, 0.25) is 0 Å². The van der Waals surface area contributed by atoms with E-state index in [9.17, 15) is 29.4 Å². The van der Waals surface area contributed by atoms with E-state index >= 15 is 0 Å². The van der Waals surface area contributed by atoms with Crippen molar-refractivity contribution in [1.82, 2.24) is 10.2 Å². The molecule has 3 aromatic carbocycles. The summed E-state index contributed by atoms with van der Waals surface area (Å²) in [5.74, 6) is -1.64. The van der Waals surface area contributed by atoms with Crippen LogP contribution in [0, 0.1) is 22.6 Å². The van der Waals surface area contributed by atoms with Gasteiger partial charge < -0.3 is 27.0 Å². The van der Waals surface area contributed by atoms with Crippen LogP contribution < -0.4 is 22.1 Å². The number of nitrogens with one attached hydrogen (secondary N) is 3. The Labute approximate surface area is 254 Å². The summed E-state index contributed by atoms with van der Waals surface area (Å²) in [5, 5.41) is 25.3. The summed E-state index contributed by atoms with van der Waals surface area (Å²) in [4.78, 5) is 38.8. The average molecular weight is 596 g/mol. The van der Waals surface area contributed by atoms with Crippen molar-refractivity contribution in [2.45, 2.75) is 43.6 Å². The Morgan fingerprint density at radius 1 is 0.977 bits per heavy atom. The van der Waals surface area contributed by atoms with E-state index in [0.717, 1.165) is 28.7 Å². The molecular weight excluding hydrogens is 561 g/mol. The molecule has 0 unspecified atom stereocenters. The number of hydrogen-bond donors (Lipinski definition) is 5. The van der Waals surface area contributed by atoms with Gasteiger partial charge in [0.15, 0.2) is 0 Å². The quantitative estimate of drug-likeness (QED) is 0.144. The minimum atomic E-state index is -1.14. The second-order valence-electron chi connectivity index (χ2n) is 11.2. The van der Waals surface area contributed by atoms with Crippen LogP contribution in [-0.2, 0) is 23.1 Å². The number of nitrogens with zero attached hydrogens (tertiary/aromatic N) is 2. The van der Waals surface area contributed by atoms with Gasteiger partial charge in [-0.15, -0.1) is 0 Å². The Bertz CT molecular complexity index is 1600. The highest BCUT2D eigenvalue weighted by atomic mass is 19.1. The van der Waals surface area contributed by atoms with Crippen LogP contribution in [0.4, 0.5) is 10.1 Å². The summed E-state index contributed by atoms with van der Waals surface area (Å²) >= 11 is 0. The zero-order chi connectivity index (χ0) is 31.4. The molecule has 3 aromatic rings. The predicted molar refractivity (Wildman–Crippen MR) is 164 cm³/mol. The zero-order valence-electron chi connectivity index (χ0n) is 24.2. The maximum Gasteiger partial charge on any atom is 0.248 e. The normalized spacial score (nSPS) is 16.6. The molecule has 10 nitrogen and oxygen atoms in total. The monoisotopic (exact) mass is 595 g/mol. The molecule has 1 heterocycles. The van der Waals surface area contributed by atoms with Gasteiger partial charge in [-0.3, -0.25) is 19.8 Å².